The van der Waals surface area contributed by atoms with E-state index in [4.69, 9.17) is 4.74 Å². The Bertz CT molecular complexity index is 633. The molecule has 0 N–H and O–H groups in total. The van der Waals surface area contributed by atoms with E-state index in [1.165, 1.54) is 10.1 Å². The van der Waals surface area contributed by atoms with Crippen LogP contribution in [-0.2, 0) is 0 Å². The number of hydrogen-bond acceptors (Lipinski definition) is 4. The minimum Gasteiger partial charge on any atom is -0.480 e. The zero-order valence-electron chi connectivity index (χ0n) is 8.10. The average molecular weight is 216 g/mol. The van der Waals surface area contributed by atoms with Crippen molar-refractivity contribution in [3.63, 3.8) is 0 Å². The first kappa shape index (κ1) is 8.61. The summed E-state index contributed by atoms with van der Waals surface area (Å²) in [5.74, 6) is 0.654. The van der Waals surface area contributed by atoms with Gasteiger partial charge in [-0.05, 0) is 6.07 Å². The Kier molecular flexibility index (Phi) is 1.82. The van der Waals surface area contributed by atoms with Gasteiger partial charge in [0.1, 0.15) is 11.0 Å². The van der Waals surface area contributed by atoms with Crippen LogP contribution in [0.3, 0.4) is 0 Å². The molecule has 0 aliphatic rings. The highest BCUT2D eigenvalue weighted by Gasteiger charge is 2.10. The quantitative estimate of drug-likeness (QED) is 0.627. The molecule has 0 aliphatic carbocycles. The van der Waals surface area contributed by atoms with E-state index in [1.807, 2.05) is 12.1 Å². The maximum Gasteiger partial charge on any atom is 0.234 e. The molecule has 0 amide bonds. The molecule has 0 fully saturated rings. The van der Waals surface area contributed by atoms with Gasteiger partial charge in [0.15, 0.2) is 0 Å². The van der Waals surface area contributed by atoms with Crippen LogP contribution in [0.4, 0.5) is 0 Å². The monoisotopic (exact) mass is 216 g/mol. The molecule has 2 aromatic heterocycles. The zero-order valence-corrected chi connectivity index (χ0v) is 8.91. The predicted octanol–water partition coefficient (Wildman–Crippen LogP) is 2.85. The van der Waals surface area contributed by atoms with Gasteiger partial charge in [-0.1, -0.05) is 18.2 Å². The molecule has 3 nitrogen and oxygen atoms in total. The third-order valence-corrected chi connectivity index (χ3v) is 3.47. The largest absolute Gasteiger partial charge is 0.480 e. The molecule has 0 saturated heterocycles. The molecule has 2 heterocycles. The number of nitrogens with zero attached hydrogens (tertiary/aromatic N) is 2. The molecule has 0 unspecified atom stereocenters. The van der Waals surface area contributed by atoms with Crippen LogP contribution in [0.5, 0.6) is 5.88 Å². The van der Waals surface area contributed by atoms with Crippen LogP contribution in [0.25, 0.3) is 20.3 Å². The number of fused-ring (bicyclic) bond motifs is 3. The van der Waals surface area contributed by atoms with Gasteiger partial charge in [0.05, 0.1) is 12.6 Å². The van der Waals surface area contributed by atoms with Crippen molar-refractivity contribution in [1.29, 1.82) is 0 Å². The third-order valence-electron chi connectivity index (χ3n) is 2.32. The van der Waals surface area contributed by atoms with Crippen LogP contribution in [0.15, 0.2) is 30.6 Å². The molecule has 1 aromatic carbocycles. The van der Waals surface area contributed by atoms with Crippen LogP contribution >= 0.6 is 11.3 Å². The Labute approximate surface area is 90.4 Å². The van der Waals surface area contributed by atoms with E-state index in [-0.39, 0.29) is 0 Å². The molecule has 0 saturated carbocycles. The fourth-order valence-corrected chi connectivity index (χ4v) is 2.77. The second-order valence-corrected chi connectivity index (χ2v) is 4.21. The van der Waals surface area contributed by atoms with Gasteiger partial charge in [0.2, 0.25) is 5.88 Å². The van der Waals surface area contributed by atoms with Crippen molar-refractivity contribution in [3.05, 3.63) is 30.6 Å². The summed E-state index contributed by atoms with van der Waals surface area (Å²) < 4.78 is 7.45. The fourth-order valence-electron chi connectivity index (χ4n) is 1.65. The lowest BCUT2D eigenvalue weighted by atomic mass is 10.2. The van der Waals surface area contributed by atoms with Gasteiger partial charge in [-0.3, -0.25) is 0 Å². The summed E-state index contributed by atoms with van der Waals surface area (Å²) in [7, 11) is 1.63. The van der Waals surface area contributed by atoms with E-state index in [9.17, 15) is 0 Å². The highest BCUT2D eigenvalue weighted by atomic mass is 32.1. The highest BCUT2D eigenvalue weighted by molar-refractivity contribution is 7.26. The molecule has 3 rings (SSSR count). The molecule has 4 heteroatoms. The Morgan fingerprint density at radius 1 is 1.20 bits per heavy atom. The topological polar surface area (TPSA) is 35.0 Å². The van der Waals surface area contributed by atoms with E-state index in [0.29, 0.717) is 5.88 Å². The third kappa shape index (κ3) is 1.18. The average Bonchev–Trinajstić information content (AvgIpc) is 2.67. The first-order valence-corrected chi connectivity index (χ1v) is 5.38. The predicted molar refractivity (Wildman–Crippen MR) is 61.5 cm³/mol. The summed E-state index contributed by atoms with van der Waals surface area (Å²) in [6.07, 6.45) is 1.54. The summed E-state index contributed by atoms with van der Waals surface area (Å²) >= 11 is 1.66. The normalized spacial score (nSPS) is 11.0. The molecule has 3 aromatic rings. The van der Waals surface area contributed by atoms with Gasteiger partial charge in [-0.15, -0.1) is 11.3 Å². The van der Waals surface area contributed by atoms with Crippen molar-refractivity contribution < 1.29 is 4.74 Å². The van der Waals surface area contributed by atoms with Crippen LogP contribution < -0.4 is 4.74 Å². The summed E-state index contributed by atoms with van der Waals surface area (Å²) in [6.45, 7) is 0. The number of ether oxygens (including phenoxy) is 1. The lowest BCUT2D eigenvalue weighted by Gasteiger charge is -1.97. The smallest absolute Gasteiger partial charge is 0.234 e. The van der Waals surface area contributed by atoms with Crippen LogP contribution in [0.2, 0.25) is 0 Å². The van der Waals surface area contributed by atoms with Crippen molar-refractivity contribution >= 4 is 31.6 Å². The van der Waals surface area contributed by atoms with Crippen molar-refractivity contribution in [2.75, 3.05) is 7.11 Å². The lowest BCUT2D eigenvalue weighted by molar-refractivity contribution is 0.403. The number of aromatic nitrogens is 2. The Hall–Kier alpha value is -1.68. The van der Waals surface area contributed by atoms with Crippen LogP contribution in [-0.4, -0.2) is 17.1 Å². The summed E-state index contributed by atoms with van der Waals surface area (Å²) in [4.78, 5) is 8.39. The second kappa shape index (κ2) is 3.17. The Balaban J connectivity index is 2.53. The van der Waals surface area contributed by atoms with Crippen molar-refractivity contribution in [3.8, 4) is 5.88 Å². The van der Waals surface area contributed by atoms with Crippen molar-refractivity contribution in [1.82, 2.24) is 9.97 Å². The number of rotatable bonds is 1. The molecular weight excluding hydrogens is 208 g/mol. The molecule has 0 aliphatic heterocycles. The van der Waals surface area contributed by atoms with E-state index in [1.54, 1.807) is 24.8 Å². The van der Waals surface area contributed by atoms with E-state index >= 15 is 0 Å². The molecule has 0 atom stereocenters. The number of benzene rings is 1. The van der Waals surface area contributed by atoms with E-state index in [2.05, 4.69) is 22.1 Å². The summed E-state index contributed by atoms with van der Waals surface area (Å²) in [5, 5.41) is 1.16. The van der Waals surface area contributed by atoms with E-state index in [0.717, 1.165) is 10.2 Å². The highest BCUT2D eigenvalue weighted by Crippen LogP contribution is 2.36. The minimum atomic E-state index is 0.654. The molecule has 0 spiro atoms. The van der Waals surface area contributed by atoms with Crippen LogP contribution in [0.1, 0.15) is 0 Å². The lowest BCUT2D eigenvalue weighted by Crippen LogP contribution is -1.87. The number of methoxy groups -OCH3 is 1. The Morgan fingerprint density at radius 2 is 2.07 bits per heavy atom. The fraction of sp³-hybridized carbons (Fsp3) is 0.0909. The van der Waals surface area contributed by atoms with Crippen molar-refractivity contribution in [2.24, 2.45) is 0 Å². The van der Waals surface area contributed by atoms with Crippen molar-refractivity contribution in [2.45, 2.75) is 0 Å². The standard InChI is InChI=1S/C11H8N2OS/c1-14-11-10-9(12-6-13-11)7-4-2-3-5-8(7)15-10/h2-6H,1H3. The molecule has 0 bridgehead atoms. The van der Waals surface area contributed by atoms with Crippen LogP contribution in [0, 0.1) is 0 Å². The summed E-state index contributed by atoms with van der Waals surface area (Å²) in [5.41, 5.74) is 0.974. The number of thiophene rings is 1. The maximum absolute atomic E-state index is 5.22. The first-order chi connectivity index (χ1) is 7.40. The van der Waals surface area contributed by atoms with Gasteiger partial charge in [0, 0.05) is 10.1 Å². The minimum absolute atomic E-state index is 0.654. The first-order valence-electron chi connectivity index (χ1n) is 4.56. The maximum atomic E-state index is 5.22. The van der Waals surface area contributed by atoms with E-state index < -0.39 is 0 Å². The van der Waals surface area contributed by atoms with Gasteiger partial charge in [-0.25, -0.2) is 9.97 Å². The summed E-state index contributed by atoms with van der Waals surface area (Å²) in [6, 6.07) is 8.20. The SMILES string of the molecule is COc1ncnc2c1sc1ccccc12. The molecular formula is C11H8N2OS. The van der Waals surface area contributed by atoms with Gasteiger partial charge >= 0.3 is 0 Å². The van der Waals surface area contributed by atoms with Gasteiger partial charge in [0.25, 0.3) is 0 Å². The molecule has 74 valence electrons. The zero-order chi connectivity index (χ0) is 10.3. The molecule has 15 heavy (non-hydrogen) atoms. The number of hydrogen-bond donors (Lipinski definition) is 0. The van der Waals surface area contributed by atoms with Gasteiger partial charge < -0.3 is 4.74 Å². The molecule has 0 radical (unpaired) electrons. The Morgan fingerprint density at radius 3 is 2.93 bits per heavy atom. The van der Waals surface area contributed by atoms with Gasteiger partial charge in [-0.2, -0.15) is 0 Å². The second-order valence-electron chi connectivity index (χ2n) is 3.16.